The lowest BCUT2D eigenvalue weighted by Gasteiger charge is -2.20. The number of aryl methyl sites for hydroxylation is 1. The van der Waals surface area contributed by atoms with Crippen LogP contribution in [0.1, 0.15) is 17.7 Å². The van der Waals surface area contributed by atoms with Crippen LogP contribution in [0, 0.1) is 12.8 Å². The average molecular weight is 413 g/mol. The van der Waals surface area contributed by atoms with Crippen LogP contribution in [0.5, 0.6) is 5.75 Å². The second kappa shape index (κ2) is 7.67. The van der Waals surface area contributed by atoms with Crippen LogP contribution in [0.15, 0.2) is 40.6 Å². The summed E-state index contributed by atoms with van der Waals surface area (Å²) in [5, 5.41) is 1.76. The fourth-order valence-electron chi connectivity index (χ4n) is 3.33. The third kappa shape index (κ3) is 3.73. The number of anilines is 1. The van der Waals surface area contributed by atoms with Gasteiger partial charge in [-0.1, -0.05) is 6.07 Å². The van der Waals surface area contributed by atoms with Crippen LogP contribution in [-0.4, -0.2) is 34.9 Å². The molecular formula is C20H19N3O5S. The van der Waals surface area contributed by atoms with E-state index < -0.39 is 11.9 Å². The van der Waals surface area contributed by atoms with Crippen LogP contribution >= 0.6 is 11.3 Å². The van der Waals surface area contributed by atoms with Gasteiger partial charge in [0, 0.05) is 30.6 Å². The molecule has 1 atom stereocenters. The van der Waals surface area contributed by atoms with Crippen molar-refractivity contribution in [1.29, 1.82) is 0 Å². The van der Waals surface area contributed by atoms with Gasteiger partial charge in [-0.25, -0.2) is 4.98 Å². The Morgan fingerprint density at radius 3 is 2.93 bits per heavy atom. The maximum Gasteiger partial charge on any atom is 0.311 e. The van der Waals surface area contributed by atoms with Gasteiger partial charge in [-0.15, -0.1) is 11.3 Å². The van der Waals surface area contributed by atoms with Crippen molar-refractivity contribution in [2.24, 2.45) is 5.92 Å². The lowest BCUT2D eigenvalue weighted by atomic mass is 10.1. The summed E-state index contributed by atoms with van der Waals surface area (Å²) < 4.78 is 12.1. The zero-order valence-electron chi connectivity index (χ0n) is 16.0. The molecule has 150 valence electrons. The predicted octanol–water partition coefficient (Wildman–Crippen LogP) is 2.17. The number of benzene rings is 1. The molecule has 0 radical (unpaired) electrons. The summed E-state index contributed by atoms with van der Waals surface area (Å²) in [5.41, 5.74) is 1.79. The Hall–Kier alpha value is -3.20. The minimum absolute atomic E-state index is 0.0655. The van der Waals surface area contributed by atoms with Crippen molar-refractivity contribution >= 4 is 33.9 Å². The van der Waals surface area contributed by atoms with Crippen molar-refractivity contribution in [1.82, 2.24) is 9.38 Å². The molecule has 29 heavy (non-hydrogen) atoms. The van der Waals surface area contributed by atoms with Gasteiger partial charge in [0.1, 0.15) is 12.4 Å². The molecule has 1 amide bonds. The first-order valence-electron chi connectivity index (χ1n) is 9.03. The van der Waals surface area contributed by atoms with Gasteiger partial charge in [-0.2, -0.15) is 0 Å². The van der Waals surface area contributed by atoms with E-state index in [1.165, 1.54) is 21.8 Å². The SMILES string of the molecule is COc1ccc(C)cc1N1C[C@H](C(=O)OCc2cc(=O)n3ccsc3n2)CC1=O. The van der Waals surface area contributed by atoms with Crippen molar-refractivity contribution in [3.8, 4) is 5.75 Å². The Morgan fingerprint density at radius 2 is 2.14 bits per heavy atom. The number of amides is 1. The standard InChI is InChI=1S/C20H19N3O5S/c1-12-3-4-16(27-2)15(7-12)23-10-13(8-17(23)24)19(26)28-11-14-9-18(25)22-5-6-29-20(22)21-14/h3-7,9,13H,8,10-11H2,1-2H3/t13-/m1/s1. The van der Waals surface area contributed by atoms with Gasteiger partial charge in [0.2, 0.25) is 5.91 Å². The van der Waals surface area contributed by atoms with Crippen LogP contribution in [-0.2, 0) is 20.9 Å². The molecule has 1 aliphatic rings. The fourth-order valence-corrected chi connectivity index (χ4v) is 4.07. The smallest absolute Gasteiger partial charge is 0.311 e. The Labute approximate surface area is 170 Å². The largest absolute Gasteiger partial charge is 0.495 e. The predicted molar refractivity (Wildman–Crippen MR) is 107 cm³/mol. The molecule has 1 fully saturated rings. The van der Waals surface area contributed by atoms with E-state index in [9.17, 15) is 14.4 Å². The molecular weight excluding hydrogens is 394 g/mol. The van der Waals surface area contributed by atoms with E-state index in [1.54, 1.807) is 29.7 Å². The number of carbonyl (C=O) groups is 2. The van der Waals surface area contributed by atoms with E-state index in [0.717, 1.165) is 5.56 Å². The van der Waals surface area contributed by atoms with Crippen LogP contribution in [0.4, 0.5) is 5.69 Å². The van der Waals surface area contributed by atoms with E-state index in [2.05, 4.69) is 4.98 Å². The molecule has 0 unspecified atom stereocenters. The van der Waals surface area contributed by atoms with Crippen molar-refractivity contribution in [2.75, 3.05) is 18.6 Å². The number of thiazole rings is 1. The molecule has 0 spiro atoms. The first-order valence-corrected chi connectivity index (χ1v) is 9.91. The monoisotopic (exact) mass is 413 g/mol. The fraction of sp³-hybridized carbons (Fsp3) is 0.300. The molecule has 8 nitrogen and oxygen atoms in total. The number of rotatable bonds is 5. The van der Waals surface area contributed by atoms with Crippen molar-refractivity contribution in [3.63, 3.8) is 0 Å². The average Bonchev–Trinajstić information content (AvgIpc) is 3.33. The quantitative estimate of drug-likeness (QED) is 0.596. The zero-order valence-corrected chi connectivity index (χ0v) is 16.8. The number of nitrogens with zero attached hydrogens (tertiary/aromatic N) is 3. The van der Waals surface area contributed by atoms with Gasteiger partial charge in [0.05, 0.1) is 24.4 Å². The number of carbonyl (C=O) groups excluding carboxylic acids is 2. The van der Waals surface area contributed by atoms with E-state index in [-0.39, 0.29) is 31.0 Å². The van der Waals surface area contributed by atoms with E-state index in [4.69, 9.17) is 9.47 Å². The summed E-state index contributed by atoms with van der Waals surface area (Å²) in [4.78, 5) is 43.5. The van der Waals surface area contributed by atoms with Crippen molar-refractivity contribution in [2.45, 2.75) is 20.0 Å². The van der Waals surface area contributed by atoms with E-state index in [1.807, 2.05) is 19.1 Å². The van der Waals surface area contributed by atoms with E-state index in [0.29, 0.717) is 22.1 Å². The second-order valence-corrected chi connectivity index (χ2v) is 7.70. The lowest BCUT2D eigenvalue weighted by Crippen LogP contribution is -2.27. The van der Waals surface area contributed by atoms with Crippen LogP contribution < -0.4 is 15.2 Å². The number of hydrogen-bond donors (Lipinski definition) is 0. The third-order valence-electron chi connectivity index (χ3n) is 4.80. The summed E-state index contributed by atoms with van der Waals surface area (Å²) in [6.07, 6.45) is 1.71. The molecule has 1 aliphatic heterocycles. The van der Waals surface area contributed by atoms with Gasteiger partial charge in [-0.3, -0.25) is 18.8 Å². The topological polar surface area (TPSA) is 90.2 Å². The van der Waals surface area contributed by atoms with Gasteiger partial charge in [0.15, 0.2) is 4.96 Å². The molecule has 1 aromatic carbocycles. The second-order valence-electron chi connectivity index (χ2n) is 6.83. The van der Waals surface area contributed by atoms with Crippen LogP contribution in [0.2, 0.25) is 0 Å². The third-order valence-corrected chi connectivity index (χ3v) is 5.56. The summed E-state index contributed by atoms with van der Waals surface area (Å²) in [6.45, 7) is 2.04. The molecule has 0 saturated carbocycles. The minimum Gasteiger partial charge on any atom is -0.495 e. The molecule has 4 rings (SSSR count). The van der Waals surface area contributed by atoms with E-state index >= 15 is 0 Å². The molecule has 0 aliphatic carbocycles. The highest BCUT2D eigenvalue weighted by Crippen LogP contribution is 2.34. The number of fused-ring (bicyclic) bond motifs is 1. The zero-order chi connectivity index (χ0) is 20.5. The summed E-state index contributed by atoms with van der Waals surface area (Å²) in [6, 6.07) is 6.90. The number of hydrogen-bond acceptors (Lipinski definition) is 7. The number of methoxy groups -OCH3 is 1. The Kier molecular flexibility index (Phi) is 5.06. The van der Waals surface area contributed by atoms with Crippen molar-refractivity contribution in [3.05, 3.63) is 57.5 Å². The molecule has 2 aromatic heterocycles. The highest BCUT2D eigenvalue weighted by atomic mass is 32.1. The summed E-state index contributed by atoms with van der Waals surface area (Å²) >= 11 is 1.33. The molecule has 0 bridgehead atoms. The molecule has 0 N–H and O–H groups in total. The Morgan fingerprint density at radius 1 is 1.31 bits per heavy atom. The first-order chi connectivity index (χ1) is 14.0. The van der Waals surface area contributed by atoms with Gasteiger partial charge >= 0.3 is 5.97 Å². The van der Waals surface area contributed by atoms with Crippen LogP contribution in [0.25, 0.3) is 4.96 Å². The van der Waals surface area contributed by atoms with Gasteiger partial charge in [-0.05, 0) is 24.6 Å². The van der Waals surface area contributed by atoms with Gasteiger partial charge < -0.3 is 14.4 Å². The molecule has 1 saturated heterocycles. The summed E-state index contributed by atoms with van der Waals surface area (Å²) in [5.74, 6) is -0.654. The maximum atomic E-state index is 12.5. The molecule has 3 heterocycles. The normalized spacial score (nSPS) is 16.4. The van der Waals surface area contributed by atoms with Crippen LogP contribution in [0.3, 0.4) is 0 Å². The minimum atomic E-state index is -0.584. The number of esters is 1. The summed E-state index contributed by atoms with van der Waals surface area (Å²) in [7, 11) is 1.54. The molecule has 3 aromatic rings. The lowest BCUT2D eigenvalue weighted by molar-refractivity contribution is -0.149. The van der Waals surface area contributed by atoms with Crippen molar-refractivity contribution < 1.29 is 19.1 Å². The number of ether oxygens (including phenoxy) is 2. The highest BCUT2D eigenvalue weighted by Gasteiger charge is 2.37. The molecule has 9 heteroatoms. The highest BCUT2D eigenvalue weighted by molar-refractivity contribution is 7.15. The first kappa shape index (κ1) is 19.1. The maximum absolute atomic E-state index is 12.5. The van der Waals surface area contributed by atoms with Gasteiger partial charge in [0.25, 0.3) is 5.56 Å². The number of aromatic nitrogens is 2. The Bertz CT molecular complexity index is 1150. The Balaban J connectivity index is 1.45.